The number of aliphatic imine (C=N–C) groups is 1. The third-order valence-electron chi connectivity index (χ3n) is 5.86. The molecular weight excluding hydrogens is 368 g/mol. The van der Waals surface area contributed by atoms with Crippen molar-refractivity contribution in [2.24, 2.45) is 10.4 Å². The van der Waals surface area contributed by atoms with Gasteiger partial charge in [0.05, 0.1) is 13.2 Å². The topological polar surface area (TPSA) is 85.3 Å². The Labute approximate surface area is 174 Å². The minimum atomic E-state index is -0.00377. The van der Waals surface area contributed by atoms with Gasteiger partial charge in [0.25, 0.3) is 0 Å². The molecule has 2 aliphatic heterocycles. The molecule has 2 aliphatic rings. The molecule has 0 spiro atoms. The predicted molar refractivity (Wildman–Crippen MR) is 116 cm³/mol. The van der Waals surface area contributed by atoms with Crippen LogP contribution in [0.4, 0.5) is 5.82 Å². The highest BCUT2D eigenvalue weighted by Gasteiger charge is 2.34. The van der Waals surface area contributed by atoms with Crippen LogP contribution in [0.25, 0.3) is 0 Å². The lowest BCUT2D eigenvalue weighted by atomic mass is 9.84. The van der Waals surface area contributed by atoms with Gasteiger partial charge in [0.2, 0.25) is 0 Å². The van der Waals surface area contributed by atoms with Crippen LogP contribution in [-0.2, 0) is 11.3 Å². The number of nitrogens with one attached hydrogen (secondary N) is 2. The molecule has 0 saturated carbocycles. The molecule has 2 fully saturated rings. The molecule has 1 atom stereocenters. The predicted octanol–water partition coefficient (Wildman–Crippen LogP) is 0.678. The Kier molecular flexibility index (Phi) is 8.09. The Balaban J connectivity index is 1.60. The highest BCUT2D eigenvalue weighted by molar-refractivity contribution is 5.79. The molecule has 0 radical (unpaired) electrons. The van der Waals surface area contributed by atoms with Gasteiger partial charge in [0.15, 0.2) is 5.96 Å². The molecule has 2 saturated heterocycles. The number of nitrogens with zero attached hydrogens (tertiary/aromatic N) is 4. The number of piperazine rings is 1. The second-order valence-corrected chi connectivity index (χ2v) is 8.14. The van der Waals surface area contributed by atoms with Gasteiger partial charge in [-0.1, -0.05) is 0 Å². The Morgan fingerprint density at radius 1 is 1.31 bits per heavy atom. The van der Waals surface area contributed by atoms with Crippen molar-refractivity contribution in [1.82, 2.24) is 20.5 Å². The number of aliphatic hydroxyl groups excluding tert-OH is 1. The summed E-state index contributed by atoms with van der Waals surface area (Å²) in [6, 6.07) is 4.18. The second kappa shape index (κ2) is 10.8. The van der Waals surface area contributed by atoms with Crippen LogP contribution in [0.1, 0.15) is 25.3 Å². The van der Waals surface area contributed by atoms with Gasteiger partial charge in [0, 0.05) is 64.1 Å². The fourth-order valence-electron chi connectivity index (χ4n) is 3.86. The summed E-state index contributed by atoms with van der Waals surface area (Å²) >= 11 is 0. The quantitative estimate of drug-likeness (QED) is 0.434. The largest absolute Gasteiger partial charge is 0.396 e. The molecule has 1 unspecified atom stereocenters. The fourth-order valence-corrected chi connectivity index (χ4v) is 3.86. The molecule has 3 heterocycles. The standard InChI is InChI=1S/C21H36N6O2/c1-3-22-20(25-16-21(5-12-28)6-13-29-17-21)24-15-18-4-7-23-19(14-18)27-10-8-26(2)9-11-27/h4,7,14,28H,3,5-6,8-13,15-17H2,1-2H3,(H2,22,24,25). The third kappa shape index (κ3) is 6.29. The van der Waals surface area contributed by atoms with E-state index >= 15 is 0 Å². The summed E-state index contributed by atoms with van der Waals surface area (Å²) in [7, 11) is 2.16. The van der Waals surface area contributed by atoms with Crippen molar-refractivity contribution in [2.75, 3.05) is 71.0 Å². The number of guanidine groups is 1. The summed E-state index contributed by atoms with van der Waals surface area (Å²) in [6.45, 7) is 10.0. The summed E-state index contributed by atoms with van der Waals surface area (Å²) < 4.78 is 5.59. The molecule has 29 heavy (non-hydrogen) atoms. The first-order valence-corrected chi connectivity index (χ1v) is 10.7. The Bertz CT molecular complexity index is 654. The lowest BCUT2D eigenvalue weighted by molar-refractivity contribution is 0.127. The maximum atomic E-state index is 9.42. The summed E-state index contributed by atoms with van der Waals surface area (Å²) in [6.07, 6.45) is 3.60. The van der Waals surface area contributed by atoms with E-state index in [9.17, 15) is 5.11 Å². The van der Waals surface area contributed by atoms with Crippen LogP contribution in [-0.4, -0.2) is 87.1 Å². The van der Waals surface area contributed by atoms with E-state index in [1.807, 2.05) is 12.3 Å². The molecule has 1 aromatic heterocycles. The number of rotatable bonds is 8. The van der Waals surface area contributed by atoms with Crippen molar-refractivity contribution < 1.29 is 9.84 Å². The SMILES string of the molecule is CCNC(=NCc1ccnc(N2CCN(C)CC2)c1)NCC1(CCO)CCOC1. The van der Waals surface area contributed by atoms with Gasteiger partial charge in [-0.2, -0.15) is 0 Å². The van der Waals surface area contributed by atoms with E-state index < -0.39 is 0 Å². The number of aliphatic hydroxyl groups is 1. The average molecular weight is 405 g/mol. The first-order chi connectivity index (χ1) is 14.1. The molecule has 3 N–H and O–H groups in total. The fraction of sp³-hybridized carbons (Fsp3) is 0.714. The van der Waals surface area contributed by atoms with Gasteiger partial charge in [0.1, 0.15) is 5.82 Å². The minimum Gasteiger partial charge on any atom is -0.396 e. The number of hydrogen-bond acceptors (Lipinski definition) is 6. The van der Waals surface area contributed by atoms with Gasteiger partial charge in [-0.05, 0) is 44.5 Å². The van der Waals surface area contributed by atoms with Crippen LogP contribution >= 0.6 is 0 Å². The summed E-state index contributed by atoms with van der Waals surface area (Å²) in [4.78, 5) is 14.0. The van der Waals surface area contributed by atoms with Crippen molar-refractivity contribution in [2.45, 2.75) is 26.3 Å². The Morgan fingerprint density at radius 2 is 2.14 bits per heavy atom. The van der Waals surface area contributed by atoms with Crippen molar-refractivity contribution in [1.29, 1.82) is 0 Å². The van der Waals surface area contributed by atoms with E-state index in [1.165, 1.54) is 0 Å². The average Bonchev–Trinajstić information content (AvgIpc) is 3.20. The van der Waals surface area contributed by atoms with Gasteiger partial charge in [-0.3, -0.25) is 0 Å². The zero-order chi connectivity index (χ0) is 20.5. The van der Waals surface area contributed by atoms with Crippen molar-refractivity contribution in [3.63, 3.8) is 0 Å². The maximum absolute atomic E-state index is 9.42. The molecular formula is C21H36N6O2. The molecule has 0 aromatic carbocycles. The van der Waals surface area contributed by atoms with Gasteiger partial charge in [-0.15, -0.1) is 0 Å². The number of anilines is 1. The number of aromatic nitrogens is 1. The highest BCUT2D eigenvalue weighted by atomic mass is 16.5. The maximum Gasteiger partial charge on any atom is 0.191 e. The third-order valence-corrected chi connectivity index (χ3v) is 5.86. The van der Waals surface area contributed by atoms with Crippen molar-refractivity contribution in [3.05, 3.63) is 23.9 Å². The molecule has 1 aromatic rings. The molecule has 3 rings (SSSR count). The van der Waals surface area contributed by atoms with Crippen LogP contribution in [0, 0.1) is 5.41 Å². The zero-order valence-electron chi connectivity index (χ0n) is 17.9. The van der Waals surface area contributed by atoms with Gasteiger partial charge in [-0.25, -0.2) is 9.98 Å². The minimum absolute atomic E-state index is 0.00377. The first kappa shape index (κ1) is 21.8. The van der Waals surface area contributed by atoms with Gasteiger partial charge >= 0.3 is 0 Å². The Morgan fingerprint density at radius 3 is 2.83 bits per heavy atom. The van der Waals surface area contributed by atoms with E-state index in [4.69, 9.17) is 9.73 Å². The molecule has 0 aliphatic carbocycles. The zero-order valence-corrected chi connectivity index (χ0v) is 17.9. The van der Waals surface area contributed by atoms with Crippen LogP contribution < -0.4 is 15.5 Å². The summed E-state index contributed by atoms with van der Waals surface area (Å²) in [5, 5.41) is 16.2. The lowest BCUT2D eigenvalue weighted by Gasteiger charge is -2.33. The van der Waals surface area contributed by atoms with Crippen molar-refractivity contribution >= 4 is 11.8 Å². The molecule has 0 amide bonds. The normalized spacial score (nSPS) is 23.4. The van der Waals surface area contributed by atoms with Gasteiger partial charge < -0.3 is 30.3 Å². The number of pyridine rings is 1. The van der Waals surface area contributed by atoms with Crippen LogP contribution in [0.5, 0.6) is 0 Å². The second-order valence-electron chi connectivity index (χ2n) is 8.14. The number of hydrogen-bond donors (Lipinski definition) is 3. The highest BCUT2D eigenvalue weighted by Crippen LogP contribution is 2.31. The van der Waals surface area contributed by atoms with E-state index in [2.05, 4.69) is 45.5 Å². The van der Waals surface area contributed by atoms with E-state index in [0.29, 0.717) is 13.2 Å². The van der Waals surface area contributed by atoms with Crippen LogP contribution in [0.3, 0.4) is 0 Å². The number of likely N-dealkylation sites (N-methyl/N-ethyl adjacent to an activating group) is 1. The molecule has 8 heteroatoms. The summed E-state index contributed by atoms with van der Waals surface area (Å²) in [5.74, 6) is 1.84. The van der Waals surface area contributed by atoms with Crippen molar-refractivity contribution in [3.8, 4) is 0 Å². The molecule has 0 bridgehead atoms. The molecule has 162 valence electrons. The van der Waals surface area contributed by atoms with E-state index in [-0.39, 0.29) is 12.0 Å². The van der Waals surface area contributed by atoms with Crippen LogP contribution in [0.15, 0.2) is 23.3 Å². The van der Waals surface area contributed by atoms with Crippen LogP contribution in [0.2, 0.25) is 0 Å². The number of ether oxygens (including phenoxy) is 1. The monoisotopic (exact) mass is 404 g/mol. The first-order valence-electron chi connectivity index (χ1n) is 10.7. The Hall–Kier alpha value is -1.90. The van der Waals surface area contributed by atoms with E-state index in [1.54, 1.807) is 0 Å². The van der Waals surface area contributed by atoms with E-state index in [0.717, 1.165) is 76.1 Å². The summed E-state index contributed by atoms with van der Waals surface area (Å²) in [5.41, 5.74) is 1.15. The molecule has 8 nitrogen and oxygen atoms in total. The smallest absolute Gasteiger partial charge is 0.191 e. The lowest BCUT2D eigenvalue weighted by Crippen LogP contribution is -2.44.